The van der Waals surface area contributed by atoms with E-state index in [9.17, 15) is 13.2 Å². The number of nitrogens with one attached hydrogen (secondary N) is 1. The van der Waals surface area contributed by atoms with E-state index >= 15 is 0 Å². The number of carbonyl (C=O) groups excluding carboxylic acids is 1. The van der Waals surface area contributed by atoms with Gasteiger partial charge in [-0.25, -0.2) is 8.42 Å². The zero-order chi connectivity index (χ0) is 22.0. The summed E-state index contributed by atoms with van der Waals surface area (Å²) in [6.45, 7) is 0.142. The van der Waals surface area contributed by atoms with Crippen molar-refractivity contribution in [2.24, 2.45) is 0 Å². The summed E-state index contributed by atoms with van der Waals surface area (Å²) in [6.07, 6.45) is 0.593. The number of ether oxygens (including phenoxy) is 1. The molecule has 1 N–H and O–H groups in total. The van der Waals surface area contributed by atoms with Gasteiger partial charge in [0.15, 0.2) is 6.61 Å². The number of sulfonamides is 1. The first-order chi connectivity index (χ1) is 14.8. The first kappa shape index (κ1) is 21.5. The molecule has 1 amide bonds. The largest absolute Gasteiger partial charge is 0.484 e. The number of halogens is 2. The highest BCUT2D eigenvalue weighted by atomic mass is 35.5. The van der Waals surface area contributed by atoms with Crippen molar-refractivity contribution >= 4 is 50.5 Å². The summed E-state index contributed by atoms with van der Waals surface area (Å²) < 4.78 is 33.0. The minimum absolute atomic E-state index is 0.163. The van der Waals surface area contributed by atoms with Crippen LogP contribution in [0.15, 0.2) is 71.6 Å². The third-order valence-electron chi connectivity index (χ3n) is 4.81. The van der Waals surface area contributed by atoms with Crippen LogP contribution in [0.1, 0.15) is 5.56 Å². The number of carbonyl (C=O) groups is 1. The number of fused-ring (bicyclic) bond motifs is 1. The lowest BCUT2D eigenvalue weighted by Gasteiger charge is -2.20. The van der Waals surface area contributed by atoms with Crippen molar-refractivity contribution in [3.63, 3.8) is 0 Å². The van der Waals surface area contributed by atoms with Gasteiger partial charge in [0.25, 0.3) is 15.9 Å². The fraction of sp³-hybridized carbons (Fsp3) is 0.136. The SMILES string of the molecule is O=C(COc1ccc(Cl)cc1)Nc1ccc2c(c1)N(S(=O)(=O)c1ccc(Cl)cc1)CC2. The second kappa shape index (κ2) is 8.78. The lowest BCUT2D eigenvalue weighted by molar-refractivity contribution is -0.118. The van der Waals surface area contributed by atoms with Crippen LogP contribution in [0.3, 0.4) is 0 Å². The lowest BCUT2D eigenvalue weighted by atomic mass is 10.1. The van der Waals surface area contributed by atoms with Crippen molar-refractivity contribution in [3.8, 4) is 5.75 Å². The van der Waals surface area contributed by atoms with Gasteiger partial charge in [-0.3, -0.25) is 9.10 Å². The van der Waals surface area contributed by atoms with Crippen LogP contribution in [0.4, 0.5) is 11.4 Å². The Balaban J connectivity index is 1.48. The number of hydrogen-bond acceptors (Lipinski definition) is 4. The van der Waals surface area contributed by atoms with E-state index in [1.54, 1.807) is 48.5 Å². The van der Waals surface area contributed by atoms with Crippen molar-refractivity contribution < 1.29 is 17.9 Å². The number of rotatable bonds is 6. The summed E-state index contributed by atoms with van der Waals surface area (Å²) in [7, 11) is -3.74. The van der Waals surface area contributed by atoms with Gasteiger partial charge >= 0.3 is 0 Å². The Hall–Kier alpha value is -2.74. The number of amides is 1. The number of hydrogen-bond donors (Lipinski definition) is 1. The van der Waals surface area contributed by atoms with E-state index in [-0.39, 0.29) is 17.4 Å². The molecule has 0 aliphatic carbocycles. The highest BCUT2D eigenvalue weighted by Crippen LogP contribution is 2.35. The maximum Gasteiger partial charge on any atom is 0.264 e. The highest BCUT2D eigenvalue weighted by Gasteiger charge is 2.31. The second-order valence-corrected chi connectivity index (χ2v) is 9.65. The van der Waals surface area contributed by atoms with E-state index in [0.29, 0.717) is 40.1 Å². The molecular formula is C22H18Cl2N2O4S. The van der Waals surface area contributed by atoms with E-state index < -0.39 is 10.0 Å². The molecular weight excluding hydrogens is 459 g/mol. The first-order valence-electron chi connectivity index (χ1n) is 9.42. The molecule has 0 saturated carbocycles. The maximum atomic E-state index is 13.1. The Labute approximate surface area is 190 Å². The molecule has 1 aliphatic heterocycles. The van der Waals surface area contributed by atoms with Crippen LogP contribution in [0.5, 0.6) is 5.75 Å². The molecule has 0 fully saturated rings. The Bertz CT molecular complexity index is 1210. The standard InChI is InChI=1S/C22H18Cl2N2O4S/c23-16-2-7-19(8-3-16)30-14-22(27)25-18-6-1-15-11-12-26(21(15)13-18)31(28,29)20-9-4-17(24)5-10-20/h1-10,13H,11-12,14H2,(H,25,27). The van der Waals surface area contributed by atoms with E-state index in [2.05, 4.69) is 5.32 Å². The third kappa shape index (κ3) is 4.79. The summed E-state index contributed by atoms with van der Waals surface area (Å²) >= 11 is 11.7. The van der Waals surface area contributed by atoms with Gasteiger partial charge in [0.2, 0.25) is 0 Å². The van der Waals surface area contributed by atoms with E-state index in [1.807, 2.05) is 6.07 Å². The Morgan fingerprint density at radius 2 is 1.61 bits per heavy atom. The number of nitrogens with zero attached hydrogens (tertiary/aromatic N) is 1. The van der Waals surface area contributed by atoms with Gasteiger partial charge in [-0.1, -0.05) is 29.3 Å². The minimum Gasteiger partial charge on any atom is -0.484 e. The average Bonchev–Trinajstić information content (AvgIpc) is 3.18. The maximum absolute atomic E-state index is 13.1. The van der Waals surface area contributed by atoms with Gasteiger partial charge in [0.1, 0.15) is 5.75 Å². The topological polar surface area (TPSA) is 75.7 Å². The molecule has 6 nitrogen and oxygen atoms in total. The molecule has 0 spiro atoms. The fourth-order valence-electron chi connectivity index (χ4n) is 3.29. The molecule has 3 aromatic rings. The summed E-state index contributed by atoms with van der Waals surface area (Å²) in [4.78, 5) is 12.4. The molecule has 1 heterocycles. The van der Waals surface area contributed by atoms with Gasteiger partial charge < -0.3 is 10.1 Å². The van der Waals surface area contributed by atoms with E-state index in [1.165, 1.54) is 16.4 Å². The van der Waals surface area contributed by atoms with Gasteiger partial charge in [0.05, 0.1) is 10.6 Å². The normalized spacial score (nSPS) is 13.0. The summed E-state index contributed by atoms with van der Waals surface area (Å²) in [5, 5.41) is 3.78. The molecule has 160 valence electrons. The second-order valence-electron chi connectivity index (χ2n) is 6.92. The molecule has 0 saturated heterocycles. The average molecular weight is 477 g/mol. The van der Waals surface area contributed by atoms with Gasteiger partial charge in [-0.05, 0) is 72.6 Å². The van der Waals surface area contributed by atoms with E-state index in [4.69, 9.17) is 27.9 Å². The lowest BCUT2D eigenvalue weighted by Crippen LogP contribution is -2.29. The van der Waals surface area contributed by atoms with Gasteiger partial charge in [0, 0.05) is 22.3 Å². The molecule has 0 bridgehead atoms. The van der Waals surface area contributed by atoms with Crippen molar-refractivity contribution in [3.05, 3.63) is 82.3 Å². The van der Waals surface area contributed by atoms with Crippen LogP contribution >= 0.6 is 23.2 Å². The van der Waals surface area contributed by atoms with Crippen LogP contribution in [0.2, 0.25) is 10.0 Å². The quantitative estimate of drug-likeness (QED) is 0.556. The number of anilines is 2. The molecule has 1 aliphatic rings. The Morgan fingerprint density at radius 3 is 2.29 bits per heavy atom. The molecule has 0 aromatic heterocycles. The molecule has 0 unspecified atom stereocenters. The van der Waals surface area contributed by atoms with E-state index in [0.717, 1.165) is 5.56 Å². The van der Waals surface area contributed by atoms with Crippen molar-refractivity contribution in [2.45, 2.75) is 11.3 Å². The van der Waals surface area contributed by atoms with Crippen LogP contribution in [-0.4, -0.2) is 27.5 Å². The predicted octanol–water partition coefficient (Wildman–Crippen LogP) is 4.76. The smallest absolute Gasteiger partial charge is 0.264 e. The summed E-state index contributed by atoms with van der Waals surface area (Å²) in [5.74, 6) is 0.161. The fourth-order valence-corrected chi connectivity index (χ4v) is 5.03. The Kier molecular flexibility index (Phi) is 6.09. The minimum atomic E-state index is -3.74. The molecule has 3 aromatic carbocycles. The van der Waals surface area contributed by atoms with Crippen molar-refractivity contribution in [1.82, 2.24) is 0 Å². The Morgan fingerprint density at radius 1 is 0.968 bits per heavy atom. The molecule has 0 atom stereocenters. The van der Waals surface area contributed by atoms with Crippen LogP contribution in [-0.2, 0) is 21.2 Å². The highest BCUT2D eigenvalue weighted by molar-refractivity contribution is 7.92. The van der Waals surface area contributed by atoms with Crippen LogP contribution in [0, 0.1) is 0 Å². The summed E-state index contributed by atoms with van der Waals surface area (Å²) in [6, 6.07) is 18.0. The zero-order valence-electron chi connectivity index (χ0n) is 16.2. The monoisotopic (exact) mass is 476 g/mol. The van der Waals surface area contributed by atoms with Crippen molar-refractivity contribution in [1.29, 1.82) is 0 Å². The number of benzene rings is 3. The third-order valence-corrected chi connectivity index (χ3v) is 7.14. The molecule has 31 heavy (non-hydrogen) atoms. The zero-order valence-corrected chi connectivity index (χ0v) is 18.5. The first-order valence-corrected chi connectivity index (χ1v) is 11.6. The summed E-state index contributed by atoms with van der Waals surface area (Å²) in [5.41, 5.74) is 1.93. The molecule has 0 radical (unpaired) electrons. The van der Waals surface area contributed by atoms with Crippen LogP contribution < -0.4 is 14.4 Å². The van der Waals surface area contributed by atoms with Crippen LogP contribution in [0.25, 0.3) is 0 Å². The molecule has 9 heteroatoms. The van der Waals surface area contributed by atoms with Crippen molar-refractivity contribution in [2.75, 3.05) is 22.8 Å². The van der Waals surface area contributed by atoms with Gasteiger partial charge in [-0.2, -0.15) is 0 Å². The molecule has 4 rings (SSSR count). The van der Waals surface area contributed by atoms with Gasteiger partial charge in [-0.15, -0.1) is 0 Å². The predicted molar refractivity (Wildman–Crippen MR) is 122 cm³/mol.